The van der Waals surface area contributed by atoms with Crippen LogP contribution in [0.1, 0.15) is 36.8 Å². The highest BCUT2D eigenvalue weighted by Gasteiger charge is 2.36. The molecule has 5 nitrogen and oxygen atoms in total. The molecular weight excluding hydrogens is 330 g/mol. The van der Waals surface area contributed by atoms with Crippen molar-refractivity contribution in [1.82, 2.24) is 5.32 Å². The van der Waals surface area contributed by atoms with E-state index in [2.05, 4.69) is 5.32 Å². The van der Waals surface area contributed by atoms with Gasteiger partial charge in [-0.3, -0.25) is 4.79 Å². The van der Waals surface area contributed by atoms with Gasteiger partial charge in [0.25, 0.3) is 0 Å². The lowest BCUT2D eigenvalue weighted by Gasteiger charge is -2.27. The molecule has 2 N–H and O–H groups in total. The van der Waals surface area contributed by atoms with E-state index in [1.807, 2.05) is 67.6 Å². The normalized spacial score (nSPS) is 20.7. The quantitative estimate of drug-likeness (QED) is 0.837. The molecule has 0 aliphatic carbocycles. The number of aliphatic carboxylic acids is 1. The molecule has 0 spiro atoms. The number of hydrogen-bond acceptors (Lipinski definition) is 3. The molecule has 0 radical (unpaired) electrons. The highest BCUT2D eigenvalue weighted by Crippen LogP contribution is 2.28. The Morgan fingerprint density at radius 1 is 0.962 bits per heavy atom. The van der Waals surface area contributed by atoms with Crippen molar-refractivity contribution >= 4 is 11.9 Å². The summed E-state index contributed by atoms with van der Waals surface area (Å²) in [6.45, 7) is 1.96. The molecule has 136 valence electrons. The minimum atomic E-state index is -1.01. The Bertz CT molecular complexity index is 708. The summed E-state index contributed by atoms with van der Waals surface area (Å²) in [7, 11) is 0. The maximum Gasteiger partial charge on any atom is 0.332 e. The van der Waals surface area contributed by atoms with Gasteiger partial charge in [0.05, 0.1) is 0 Å². The van der Waals surface area contributed by atoms with Gasteiger partial charge in [-0.2, -0.15) is 0 Å². The van der Waals surface area contributed by atoms with Crippen LogP contribution in [0.4, 0.5) is 0 Å². The van der Waals surface area contributed by atoms with Gasteiger partial charge in [0.15, 0.2) is 6.10 Å². The van der Waals surface area contributed by atoms with E-state index in [9.17, 15) is 9.59 Å². The molecule has 0 bridgehead atoms. The second kappa shape index (κ2) is 8.15. The molecule has 0 saturated carbocycles. The Balaban J connectivity index is 1.75. The summed E-state index contributed by atoms with van der Waals surface area (Å²) in [5.74, 6) is -1.27. The van der Waals surface area contributed by atoms with Gasteiger partial charge in [0.1, 0.15) is 6.10 Å². The van der Waals surface area contributed by atoms with Crippen LogP contribution < -0.4 is 5.32 Å². The standard InChI is InChI=1S/C21H23NO4/c1-14(22-20(23)17-12-13-18(26-17)21(24)25)19(15-8-4-2-5-9-15)16-10-6-3-7-11-16/h2-11,14,17-19H,12-13H2,1H3,(H,22,23)(H,24,25)/t14?,17-,18+/m0/s1. The monoisotopic (exact) mass is 353 g/mol. The number of hydrogen-bond donors (Lipinski definition) is 2. The van der Waals surface area contributed by atoms with Crippen LogP contribution in [0.15, 0.2) is 60.7 Å². The third-order valence-corrected chi connectivity index (χ3v) is 4.77. The van der Waals surface area contributed by atoms with Crippen molar-refractivity contribution in [3.05, 3.63) is 71.8 Å². The number of carboxylic acids is 1. The SMILES string of the molecule is CC(NC(=O)[C@@H]1CC[C@H](C(=O)O)O1)C(c1ccccc1)c1ccccc1. The van der Waals surface area contributed by atoms with Crippen LogP contribution in [-0.2, 0) is 14.3 Å². The summed E-state index contributed by atoms with van der Waals surface area (Å²) >= 11 is 0. The summed E-state index contributed by atoms with van der Waals surface area (Å²) in [5.41, 5.74) is 2.23. The molecule has 1 fully saturated rings. The molecule has 1 amide bonds. The van der Waals surface area contributed by atoms with E-state index in [0.717, 1.165) is 11.1 Å². The lowest BCUT2D eigenvalue weighted by atomic mass is 9.85. The van der Waals surface area contributed by atoms with Crippen molar-refractivity contribution in [1.29, 1.82) is 0 Å². The molecule has 1 aliphatic rings. The molecule has 0 aromatic heterocycles. The molecule has 3 rings (SSSR count). The van der Waals surface area contributed by atoms with Crippen LogP contribution in [0, 0.1) is 0 Å². The maximum atomic E-state index is 12.6. The summed E-state index contributed by atoms with van der Waals surface area (Å²) in [6.07, 6.45) is -0.801. The first-order chi connectivity index (χ1) is 12.6. The number of carboxylic acid groups (broad SMARTS) is 1. The number of benzene rings is 2. The molecule has 1 aliphatic heterocycles. The topological polar surface area (TPSA) is 75.6 Å². The summed E-state index contributed by atoms with van der Waals surface area (Å²) < 4.78 is 5.37. The van der Waals surface area contributed by atoms with Gasteiger partial charge >= 0.3 is 5.97 Å². The van der Waals surface area contributed by atoms with Crippen LogP contribution in [0.5, 0.6) is 0 Å². The number of carbonyl (C=O) groups is 2. The van der Waals surface area contributed by atoms with Crippen LogP contribution in [0.25, 0.3) is 0 Å². The summed E-state index contributed by atoms with van der Waals surface area (Å²) in [5, 5.41) is 12.0. The summed E-state index contributed by atoms with van der Waals surface area (Å²) in [6, 6.07) is 19.9. The first kappa shape index (κ1) is 18.1. The predicted molar refractivity (Wildman–Crippen MR) is 97.9 cm³/mol. The third-order valence-electron chi connectivity index (χ3n) is 4.77. The number of carbonyl (C=O) groups excluding carboxylic acids is 1. The van der Waals surface area contributed by atoms with Crippen molar-refractivity contribution in [3.8, 4) is 0 Å². The highest BCUT2D eigenvalue weighted by atomic mass is 16.5. The average Bonchev–Trinajstić information content (AvgIpc) is 3.14. The fraction of sp³-hybridized carbons (Fsp3) is 0.333. The Kier molecular flexibility index (Phi) is 5.68. The van der Waals surface area contributed by atoms with Gasteiger partial charge in [-0.25, -0.2) is 4.79 Å². The molecule has 26 heavy (non-hydrogen) atoms. The van der Waals surface area contributed by atoms with Crippen molar-refractivity contribution < 1.29 is 19.4 Å². The van der Waals surface area contributed by atoms with Gasteiger partial charge in [-0.15, -0.1) is 0 Å². The third kappa shape index (κ3) is 4.11. The molecule has 1 saturated heterocycles. The minimum absolute atomic E-state index is 0.00183. The average molecular weight is 353 g/mol. The van der Waals surface area contributed by atoms with Crippen LogP contribution in [0.2, 0.25) is 0 Å². The van der Waals surface area contributed by atoms with Crippen molar-refractivity contribution in [2.75, 3.05) is 0 Å². The molecule has 5 heteroatoms. The van der Waals surface area contributed by atoms with Crippen LogP contribution >= 0.6 is 0 Å². The van der Waals surface area contributed by atoms with E-state index in [4.69, 9.17) is 9.84 Å². The van der Waals surface area contributed by atoms with E-state index >= 15 is 0 Å². The van der Waals surface area contributed by atoms with E-state index < -0.39 is 18.2 Å². The number of ether oxygens (including phenoxy) is 1. The van der Waals surface area contributed by atoms with Gasteiger partial charge < -0.3 is 15.2 Å². The molecule has 2 aromatic carbocycles. The molecular formula is C21H23NO4. The minimum Gasteiger partial charge on any atom is -0.479 e. The molecule has 2 aromatic rings. The molecule has 3 atom stereocenters. The van der Waals surface area contributed by atoms with E-state index in [0.29, 0.717) is 12.8 Å². The summed E-state index contributed by atoms with van der Waals surface area (Å²) in [4.78, 5) is 23.6. The molecule has 1 heterocycles. The second-order valence-corrected chi connectivity index (χ2v) is 6.63. The Morgan fingerprint density at radius 3 is 1.92 bits per heavy atom. The molecule has 1 unspecified atom stereocenters. The van der Waals surface area contributed by atoms with Gasteiger partial charge in [0, 0.05) is 12.0 Å². The smallest absolute Gasteiger partial charge is 0.332 e. The first-order valence-corrected chi connectivity index (χ1v) is 8.85. The van der Waals surface area contributed by atoms with E-state index in [-0.39, 0.29) is 17.9 Å². The lowest BCUT2D eigenvalue weighted by molar-refractivity contribution is -0.151. The van der Waals surface area contributed by atoms with Gasteiger partial charge in [-0.05, 0) is 30.9 Å². The first-order valence-electron chi connectivity index (χ1n) is 8.85. The largest absolute Gasteiger partial charge is 0.479 e. The Labute approximate surface area is 153 Å². The number of nitrogens with one attached hydrogen (secondary N) is 1. The fourth-order valence-electron chi connectivity index (χ4n) is 3.50. The van der Waals surface area contributed by atoms with E-state index in [1.54, 1.807) is 0 Å². The Morgan fingerprint density at radius 2 is 1.46 bits per heavy atom. The van der Waals surface area contributed by atoms with Crippen LogP contribution in [0.3, 0.4) is 0 Å². The van der Waals surface area contributed by atoms with Crippen molar-refractivity contribution in [2.45, 2.75) is 43.9 Å². The second-order valence-electron chi connectivity index (χ2n) is 6.63. The fourth-order valence-corrected chi connectivity index (χ4v) is 3.50. The van der Waals surface area contributed by atoms with Crippen molar-refractivity contribution in [2.24, 2.45) is 0 Å². The number of amides is 1. The zero-order valence-corrected chi connectivity index (χ0v) is 14.7. The zero-order chi connectivity index (χ0) is 18.5. The van der Waals surface area contributed by atoms with Crippen LogP contribution in [-0.4, -0.2) is 35.2 Å². The lowest BCUT2D eigenvalue weighted by Crippen LogP contribution is -2.43. The van der Waals surface area contributed by atoms with Crippen molar-refractivity contribution in [3.63, 3.8) is 0 Å². The predicted octanol–water partition coefficient (Wildman–Crippen LogP) is 2.96. The van der Waals surface area contributed by atoms with E-state index in [1.165, 1.54) is 0 Å². The number of rotatable bonds is 6. The van der Waals surface area contributed by atoms with Gasteiger partial charge in [0.2, 0.25) is 5.91 Å². The highest BCUT2D eigenvalue weighted by molar-refractivity contribution is 5.83. The van der Waals surface area contributed by atoms with Gasteiger partial charge in [-0.1, -0.05) is 60.7 Å². The zero-order valence-electron chi connectivity index (χ0n) is 14.7. The Hall–Kier alpha value is -2.66. The maximum absolute atomic E-state index is 12.6.